The van der Waals surface area contributed by atoms with Crippen molar-refractivity contribution in [1.82, 2.24) is 10.6 Å². The Morgan fingerprint density at radius 3 is 2.80 bits per heavy atom. The van der Waals surface area contributed by atoms with Gasteiger partial charge in [-0.15, -0.1) is 0 Å². The Bertz CT molecular complexity index is 281. The molecule has 2 saturated heterocycles. The van der Waals surface area contributed by atoms with Crippen molar-refractivity contribution in [1.29, 1.82) is 0 Å². The highest BCUT2D eigenvalue weighted by Gasteiger charge is 2.42. The van der Waals surface area contributed by atoms with Gasteiger partial charge < -0.3 is 10.6 Å². The molecule has 2 N–H and O–H groups in total. The fourth-order valence-electron chi connectivity index (χ4n) is 2.60. The molecular weight excluding hydrogens is 188 g/mol. The zero-order chi connectivity index (χ0) is 10.8. The van der Waals surface area contributed by atoms with Crippen LogP contribution in [0.5, 0.6) is 0 Å². The van der Waals surface area contributed by atoms with Crippen LogP contribution in [0.1, 0.15) is 33.1 Å². The number of rotatable bonds is 3. The summed E-state index contributed by atoms with van der Waals surface area (Å²) < 4.78 is 0. The lowest BCUT2D eigenvalue weighted by atomic mass is 9.88. The van der Waals surface area contributed by atoms with E-state index in [9.17, 15) is 4.79 Å². The van der Waals surface area contributed by atoms with Crippen LogP contribution >= 0.6 is 0 Å². The fourth-order valence-corrected chi connectivity index (χ4v) is 2.60. The van der Waals surface area contributed by atoms with Crippen molar-refractivity contribution in [2.45, 2.75) is 45.2 Å². The lowest BCUT2D eigenvalue weighted by Gasteiger charge is -2.18. The summed E-state index contributed by atoms with van der Waals surface area (Å²) in [6.07, 6.45) is 5.51. The molecule has 2 fully saturated rings. The van der Waals surface area contributed by atoms with Crippen molar-refractivity contribution in [2.24, 2.45) is 5.92 Å². The Kier molecular flexibility index (Phi) is 3.10. The van der Waals surface area contributed by atoms with Crippen molar-refractivity contribution >= 4 is 5.91 Å². The lowest BCUT2D eigenvalue weighted by molar-refractivity contribution is -0.125. The van der Waals surface area contributed by atoms with Crippen LogP contribution in [0.4, 0.5) is 0 Å². The standard InChI is InChI=1S/C12H20N2O/c1-8(2)5-6-13-12(15)10-7-9-3-4-11(10)14-9/h5,9-11,14H,3-4,6-7H2,1-2H3,(H,13,15). The number of nitrogens with one attached hydrogen (secondary N) is 2. The van der Waals surface area contributed by atoms with Crippen LogP contribution in [0.25, 0.3) is 0 Å². The van der Waals surface area contributed by atoms with Gasteiger partial charge in [-0.1, -0.05) is 11.6 Å². The first kappa shape index (κ1) is 10.7. The number of carbonyl (C=O) groups is 1. The maximum absolute atomic E-state index is 11.8. The van der Waals surface area contributed by atoms with Crippen molar-refractivity contribution < 1.29 is 4.79 Å². The van der Waals surface area contributed by atoms with Gasteiger partial charge in [0.05, 0.1) is 5.92 Å². The number of carbonyl (C=O) groups excluding carboxylic acids is 1. The molecule has 3 atom stereocenters. The Balaban J connectivity index is 1.79. The molecule has 2 heterocycles. The molecule has 2 bridgehead atoms. The molecule has 2 aliphatic rings. The smallest absolute Gasteiger partial charge is 0.224 e. The second kappa shape index (κ2) is 4.35. The van der Waals surface area contributed by atoms with Crippen LogP contribution < -0.4 is 10.6 Å². The molecule has 0 aromatic carbocycles. The molecular formula is C12H20N2O. The monoisotopic (exact) mass is 208 g/mol. The summed E-state index contributed by atoms with van der Waals surface area (Å²) in [4.78, 5) is 11.8. The number of hydrogen-bond donors (Lipinski definition) is 2. The molecule has 0 saturated carbocycles. The average molecular weight is 208 g/mol. The molecule has 0 radical (unpaired) electrons. The number of fused-ring (bicyclic) bond motifs is 2. The van der Waals surface area contributed by atoms with E-state index in [1.54, 1.807) is 0 Å². The van der Waals surface area contributed by atoms with Gasteiger partial charge in [0, 0.05) is 18.6 Å². The highest BCUT2D eigenvalue weighted by molar-refractivity contribution is 5.80. The third-order valence-corrected chi connectivity index (χ3v) is 3.42. The van der Waals surface area contributed by atoms with E-state index in [-0.39, 0.29) is 11.8 Å². The van der Waals surface area contributed by atoms with Crippen LogP contribution in [0.3, 0.4) is 0 Å². The minimum absolute atomic E-state index is 0.217. The zero-order valence-electron chi connectivity index (χ0n) is 9.55. The predicted molar refractivity (Wildman–Crippen MR) is 60.5 cm³/mol. The normalized spacial score (nSPS) is 32.8. The van der Waals surface area contributed by atoms with E-state index in [0.29, 0.717) is 18.6 Å². The van der Waals surface area contributed by atoms with Crippen molar-refractivity contribution in [3.8, 4) is 0 Å². The first-order chi connectivity index (χ1) is 7.16. The van der Waals surface area contributed by atoms with E-state index in [2.05, 4.69) is 16.7 Å². The second-order valence-electron chi connectivity index (χ2n) is 4.92. The molecule has 0 aromatic rings. The largest absolute Gasteiger partial charge is 0.352 e. The van der Waals surface area contributed by atoms with Crippen LogP contribution in [0.2, 0.25) is 0 Å². The van der Waals surface area contributed by atoms with E-state index in [1.165, 1.54) is 18.4 Å². The lowest BCUT2D eigenvalue weighted by Crippen LogP contribution is -2.37. The fraction of sp³-hybridized carbons (Fsp3) is 0.750. The average Bonchev–Trinajstić information content (AvgIpc) is 2.77. The Hall–Kier alpha value is -0.830. The van der Waals surface area contributed by atoms with E-state index < -0.39 is 0 Å². The van der Waals surface area contributed by atoms with Crippen molar-refractivity contribution in [3.63, 3.8) is 0 Å². The van der Waals surface area contributed by atoms with Crippen molar-refractivity contribution in [3.05, 3.63) is 11.6 Å². The third kappa shape index (κ3) is 2.40. The van der Waals surface area contributed by atoms with Crippen LogP contribution in [0, 0.1) is 5.92 Å². The second-order valence-corrected chi connectivity index (χ2v) is 4.92. The molecule has 3 heteroatoms. The molecule has 0 aromatic heterocycles. The van der Waals surface area contributed by atoms with Gasteiger partial charge in [-0.3, -0.25) is 4.79 Å². The summed E-state index contributed by atoms with van der Waals surface area (Å²) in [5.41, 5.74) is 1.25. The topological polar surface area (TPSA) is 41.1 Å². The molecule has 0 aliphatic carbocycles. The molecule has 84 valence electrons. The first-order valence-corrected chi connectivity index (χ1v) is 5.84. The van der Waals surface area contributed by atoms with Gasteiger partial charge in [0.2, 0.25) is 5.91 Å². The molecule has 1 amide bonds. The highest BCUT2D eigenvalue weighted by atomic mass is 16.1. The predicted octanol–water partition coefficient (Wildman–Crippen LogP) is 1.21. The number of hydrogen-bond acceptors (Lipinski definition) is 2. The van der Waals surface area contributed by atoms with E-state index in [4.69, 9.17) is 0 Å². The summed E-state index contributed by atoms with van der Waals surface area (Å²) in [6.45, 7) is 4.77. The molecule has 3 unspecified atom stereocenters. The Morgan fingerprint density at radius 2 is 2.27 bits per heavy atom. The van der Waals surface area contributed by atoms with Gasteiger partial charge in [-0.05, 0) is 33.1 Å². The summed E-state index contributed by atoms with van der Waals surface area (Å²) in [7, 11) is 0. The summed E-state index contributed by atoms with van der Waals surface area (Å²) in [5.74, 6) is 0.446. The Morgan fingerprint density at radius 1 is 1.47 bits per heavy atom. The molecule has 15 heavy (non-hydrogen) atoms. The highest BCUT2D eigenvalue weighted by Crippen LogP contribution is 2.33. The van der Waals surface area contributed by atoms with Gasteiger partial charge in [-0.2, -0.15) is 0 Å². The zero-order valence-corrected chi connectivity index (χ0v) is 9.55. The van der Waals surface area contributed by atoms with E-state index in [0.717, 1.165) is 6.42 Å². The van der Waals surface area contributed by atoms with Crippen LogP contribution in [-0.2, 0) is 4.79 Å². The SMILES string of the molecule is CC(C)=CCNC(=O)C1CC2CCC1N2. The summed E-state index contributed by atoms with van der Waals surface area (Å²) in [5, 5.41) is 6.47. The minimum Gasteiger partial charge on any atom is -0.352 e. The quantitative estimate of drug-likeness (QED) is 0.684. The van der Waals surface area contributed by atoms with Crippen LogP contribution in [-0.4, -0.2) is 24.5 Å². The van der Waals surface area contributed by atoms with Gasteiger partial charge in [0.25, 0.3) is 0 Å². The van der Waals surface area contributed by atoms with Crippen molar-refractivity contribution in [2.75, 3.05) is 6.54 Å². The minimum atomic E-state index is 0.217. The summed E-state index contributed by atoms with van der Waals surface area (Å²) in [6, 6.07) is 1.05. The third-order valence-electron chi connectivity index (χ3n) is 3.42. The number of amides is 1. The maximum Gasteiger partial charge on any atom is 0.224 e. The number of allylic oxidation sites excluding steroid dienone is 1. The maximum atomic E-state index is 11.8. The van der Waals surface area contributed by atoms with Gasteiger partial charge >= 0.3 is 0 Å². The molecule has 3 nitrogen and oxygen atoms in total. The Labute approximate surface area is 91.3 Å². The van der Waals surface area contributed by atoms with Gasteiger partial charge in [0.1, 0.15) is 0 Å². The molecule has 0 spiro atoms. The van der Waals surface area contributed by atoms with Gasteiger partial charge in [-0.25, -0.2) is 0 Å². The van der Waals surface area contributed by atoms with Crippen LogP contribution in [0.15, 0.2) is 11.6 Å². The molecule has 2 rings (SSSR count). The summed E-state index contributed by atoms with van der Waals surface area (Å²) >= 11 is 0. The molecule has 2 aliphatic heterocycles. The van der Waals surface area contributed by atoms with Gasteiger partial charge in [0.15, 0.2) is 0 Å². The van der Waals surface area contributed by atoms with E-state index >= 15 is 0 Å². The van der Waals surface area contributed by atoms with E-state index in [1.807, 2.05) is 13.8 Å². The first-order valence-electron chi connectivity index (χ1n) is 5.84.